The van der Waals surface area contributed by atoms with Gasteiger partial charge in [0.05, 0.1) is 6.04 Å². The molecule has 0 aliphatic carbocycles. The molecule has 2 N–H and O–H groups in total. The summed E-state index contributed by atoms with van der Waals surface area (Å²) in [6.45, 7) is 0.638. The number of ketones is 1. The highest BCUT2D eigenvalue weighted by atomic mass is 35.7. The van der Waals surface area contributed by atoms with Crippen LogP contribution in [0.4, 0.5) is 0 Å². The zero-order chi connectivity index (χ0) is 12.1. The second-order valence-electron chi connectivity index (χ2n) is 2.75. The van der Waals surface area contributed by atoms with Crippen LogP contribution in [0.1, 0.15) is 12.8 Å². The topological polar surface area (TPSA) is 41.1 Å². The fourth-order valence-electron chi connectivity index (χ4n) is 1.06. The zero-order valence-corrected chi connectivity index (χ0v) is 12.4. The van der Waals surface area contributed by atoms with Gasteiger partial charge in [-0.15, -0.1) is 0 Å². The van der Waals surface area contributed by atoms with Crippen molar-refractivity contribution in [2.24, 2.45) is 0 Å². The van der Waals surface area contributed by atoms with E-state index in [0.717, 1.165) is 12.2 Å². The summed E-state index contributed by atoms with van der Waals surface area (Å²) in [5, 5.41) is 3.03. The lowest BCUT2D eigenvalue weighted by Gasteiger charge is -2.13. The lowest BCUT2D eigenvalue weighted by Crippen LogP contribution is -2.35. The molecule has 0 aliphatic rings. The Balaban J connectivity index is 0. The van der Waals surface area contributed by atoms with E-state index in [4.69, 9.17) is 0 Å². The van der Waals surface area contributed by atoms with Crippen molar-refractivity contribution < 1.29 is 4.79 Å². The number of carbonyl (C=O) groups excluding carboxylic acids is 1. The van der Waals surface area contributed by atoms with E-state index in [1.807, 2.05) is 13.3 Å². The van der Waals surface area contributed by atoms with E-state index >= 15 is 0 Å². The van der Waals surface area contributed by atoms with Crippen molar-refractivity contribution in [3.63, 3.8) is 0 Å². The van der Waals surface area contributed by atoms with E-state index in [-0.39, 0.29) is 11.8 Å². The largest absolute Gasteiger partial charge is 0.311 e. The number of Topliss-reactive ketones (excluding diaryl/α,β-unsaturated/α-hetero) is 1. The van der Waals surface area contributed by atoms with Crippen LogP contribution < -0.4 is 10.0 Å². The van der Waals surface area contributed by atoms with Crippen molar-refractivity contribution in [3.8, 4) is 0 Å². The van der Waals surface area contributed by atoms with Crippen LogP contribution in [0.15, 0.2) is 0 Å². The van der Waals surface area contributed by atoms with Gasteiger partial charge in [0.15, 0.2) is 5.78 Å². The summed E-state index contributed by atoms with van der Waals surface area (Å²) < 4.78 is 2.67. The Morgan fingerprint density at radius 2 is 2.13 bits per heavy atom. The van der Waals surface area contributed by atoms with Crippen LogP contribution in [0.3, 0.4) is 0 Å². The SMILES string of the molecule is CN[C@@H](CCSC)C(=O)CCNS.SCl. The van der Waals surface area contributed by atoms with Crippen molar-refractivity contribution in [1.29, 1.82) is 0 Å². The predicted molar refractivity (Wildman–Crippen MR) is 77.3 cm³/mol. The molecule has 92 valence electrons. The summed E-state index contributed by atoms with van der Waals surface area (Å²) in [6.07, 6.45) is 3.50. The van der Waals surface area contributed by atoms with Gasteiger partial charge in [0, 0.05) is 13.0 Å². The molecule has 0 aliphatic heterocycles. The Bertz CT molecular complexity index is 152. The summed E-state index contributed by atoms with van der Waals surface area (Å²) >= 11 is 8.60. The second kappa shape index (κ2) is 14.9. The van der Waals surface area contributed by atoms with Crippen molar-refractivity contribution in [2.75, 3.05) is 25.6 Å². The molecule has 0 rings (SSSR count). The van der Waals surface area contributed by atoms with E-state index in [0.29, 0.717) is 13.0 Å². The second-order valence-corrected chi connectivity index (χ2v) is 4.05. The molecule has 0 aromatic rings. The van der Waals surface area contributed by atoms with Crippen LogP contribution in [-0.4, -0.2) is 37.4 Å². The molecule has 15 heavy (non-hydrogen) atoms. The lowest BCUT2D eigenvalue weighted by atomic mass is 10.1. The molecule has 0 heterocycles. The number of thioether (sulfide) groups is 1. The molecular formula is C8H19ClN2OS3. The van der Waals surface area contributed by atoms with E-state index < -0.39 is 0 Å². The molecule has 0 bridgehead atoms. The van der Waals surface area contributed by atoms with Crippen LogP contribution in [0.2, 0.25) is 0 Å². The zero-order valence-electron chi connectivity index (χ0n) is 8.99. The molecule has 0 radical (unpaired) electrons. The first-order chi connectivity index (χ1) is 7.26. The van der Waals surface area contributed by atoms with Gasteiger partial charge in [-0.25, -0.2) is 0 Å². The van der Waals surface area contributed by atoms with Gasteiger partial charge < -0.3 is 5.32 Å². The monoisotopic (exact) mass is 290 g/mol. The molecule has 0 saturated carbocycles. The maximum Gasteiger partial charge on any atom is 0.151 e. The normalized spacial score (nSPS) is 11.5. The molecule has 0 unspecified atom stereocenters. The van der Waals surface area contributed by atoms with E-state index in [1.165, 1.54) is 0 Å². The predicted octanol–water partition coefficient (Wildman–Crippen LogP) is 1.79. The Hall–Kier alpha value is 0.930. The van der Waals surface area contributed by atoms with Crippen LogP contribution >= 0.6 is 47.1 Å². The van der Waals surface area contributed by atoms with Gasteiger partial charge in [-0.2, -0.15) is 11.8 Å². The molecule has 1 atom stereocenters. The van der Waals surface area contributed by atoms with Crippen molar-refractivity contribution in [3.05, 3.63) is 0 Å². The van der Waals surface area contributed by atoms with Crippen LogP contribution in [0, 0.1) is 0 Å². The molecule has 0 amide bonds. The highest BCUT2D eigenvalue weighted by Crippen LogP contribution is 2.02. The summed E-state index contributed by atoms with van der Waals surface area (Å²) in [6, 6.07) is 0.00846. The minimum Gasteiger partial charge on any atom is -0.311 e. The number of rotatable bonds is 8. The van der Waals surface area contributed by atoms with E-state index in [2.05, 4.69) is 45.4 Å². The highest BCUT2D eigenvalue weighted by molar-refractivity contribution is 8.05. The van der Waals surface area contributed by atoms with Crippen LogP contribution in [0.5, 0.6) is 0 Å². The van der Waals surface area contributed by atoms with Crippen molar-refractivity contribution in [2.45, 2.75) is 18.9 Å². The number of likely N-dealkylation sites (N-methyl/N-ethyl adjacent to an activating group) is 1. The first-order valence-electron chi connectivity index (χ1n) is 4.49. The maximum absolute atomic E-state index is 11.5. The minimum atomic E-state index is 0.00846. The van der Waals surface area contributed by atoms with Gasteiger partial charge in [0.1, 0.15) is 0 Å². The Morgan fingerprint density at radius 1 is 1.53 bits per heavy atom. The number of carbonyl (C=O) groups is 1. The molecule has 7 heteroatoms. The summed E-state index contributed by atoms with van der Waals surface area (Å²) in [5.74, 6) is 1.28. The number of hydrogen-bond donors (Lipinski definition) is 4. The minimum absolute atomic E-state index is 0.00846. The van der Waals surface area contributed by atoms with Gasteiger partial charge >= 0.3 is 0 Å². The third-order valence-corrected chi connectivity index (χ3v) is 2.70. The number of halogens is 1. The van der Waals surface area contributed by atoms with Gasteiger partial charge in [-0.05, 0) is 36.2 Å². The van der Waals surface area contributed by atoms with E-state index in [9.17, 15) is 4.79 Å². The fourth-order valence-corrected chi connectivity index (χ4v) is 1.64. The maximum atomic E-state index is 11.5. The molecule has 0 fully saturated rings. The molecule has 0 saturated heterocycles. The van der Waals surface area contributed by atoms with Gasteiger partial charge in [0.2, 0.25) is 0 Å². The Labute approximate surface area is 112 Å². The van der Waals surface area contributed by atoms with Crippen LogP contribution in [0.25, 0.3) is 0 Å². The molecule has 0 aromatic heterocycles. The standard InChI is InChI=1S/C8H18N2OS2.ClHS/c1-9-7(4-6-13-2)8(11)3-5-10-12;1-2/h7,9-10,12H,3-6H2,1-2H3;2H/t7-;/m0./s1. The fraction of sp³-hybridized carbons (Fsp3) is 0.875. The first kappa shape index (κ1) is 18.3. The van der Waals surface area contributed by atoms with Crippen molar-refractivity contribution >= 4 is 52.9 Å². The summed E-state index contributed by atoms with van der Waals surface area (Å²) in [4.78, 5) is 11.5. The molecule has 3 nitrogen and oxygen atoms in total. The van der Waals surface area contributed by atoms with Crippen LogP contribution in [-0.2, 0) is 4.79 Å². The van der Waals surface area contributed by atoms with Gasteiger partial charge in [-0.1, -0.05) is 24.7 Å². The third kappa shape index (κ3) is 11.2. The molecule has 0 spiro atoms. The number of thiol groups is 2. The average molecular weight is 291 g/mol. The Kier molecular flexibility index (Phi) is 18.2. The third-order valence-electron chi connectivity index (χ3n) is 1.83. The molecular weight excluding hydrogens is 272 g/mol. The molecule has 0 aromatic carbocycles. The lowest BCUT2D eigenvalue weighted by molar-refractivity contribution is -0.120. The number of hydrogen-bond acceptors (Lipinski definition) is 6. The first-order valence-corrected chi connectivity index (χ1v) is 7.68. The summed E-state index contributed by atoms with van der Waals surface area (Å²) in [5.41, 5.74) is 0. The Morgan fingerprint density at radius 3 is 2.53 bits per heavy atom. The van der Waals surface area contributed by atoms with Gasteiger partial charge in [-0.3, -0.25) is 9.52 Å². The summed E-state index contributed by atoms with van der Waals surface area (Å²) in [7, 11) is 6.16. The quantitative estimate of drug-likeness (QED) is 0.515. The number of nitrogens with one attached hydrogen (secondary N) is 2. The van der Waals surface area contributed by atoms with Crippen molar-refractivity contribution in [1.82, 2.24) is 10.0 Å². The average Bonchev–Trinajstić information content (AvgIpc) is 2.30. The van der Waals surface area contributed by atoms with E-state index in [1.54, 1.807) is 11.8 Å². The smallest absolute Gasteiger partial charge is 0.151 e. The highest BCUT2D eigenvalue weighted by Gasteiger charge is 2.14. The van der Waals surface area contributed by atoms with Gasteiger partial charge in [0.25, 0.3) is 0 Å².